The van der Waals surface area contributed by atoms with Gasteiger partial charge in [-0.2, -0.15) is 0 Å². The van der Waals surface area contributed by atoms with Crippen LogP contribution in [0.2, 0.25) is 19.6 Å². The van der Waals surface area contributed by atoms with Gasteiger partial charge in [-0.05, 0) is 12.1 Å². The number of nitrogens with zero attached hydrogens (tertiary/aromatic N) is 1. The molecule has 0 saturated heterocycles. The highest BCUT2D eigenvalue weighted by Gasteiger charge is 2.20. The monoisotopic (exact) mass is 183 g/mol. The van der Waals surface area contributed by atoms with Crippen LogP contribution >= 0.6 is 0 Å². The number of rotatable bonds is 2. The zero-order valence-electron chi connectivity index (χ0n) is 7.53. The molecule has 0 spiro atoms. The van der Waals surface area contributed by atoms with Crippen LogP contribution in [0.25, 0.3) is 0 Å². The number of oxime groups is 1. The lowest BCUT2D eigenvalue weighted by atomic mass is 10.5. The maximum atomic E-state index is 8.25. The Hall–Kier alpha value is -1.03. The fourth-order valence-corrected chi connectivity index (χ4v) is 1.89. The molecule has 1 heterocycles. The molecule has 0 aliphatic heterocycles. The lowest BCUT2D eigenvalue weighted by Crippen LogP contribution is -2.36. The topological polar surface area (TPSA) is 45.7 Å². The molecular weight excluding hydrogens is 170 g/mol. The molecular formula is C8H13NO2Si. The first-order valence-corrected chi connectivity index (χ1v) is 7.32. The fraction of sp³-hybridized carbons (Fsp3) is 0.375. The summed E-state index contributed by atoms with van der Waals surface area (Å²) in [5.74, 6) is 0.606. The van der Waals surface area contributed by atoms with Crippen LogP contribution in [0, 0.1) is 0 Å². The summed E-state index contributed by atoms with van der Waals surface area (Å²) in [7, 11) is -1.35. The molecule has 1 rings (SSSR count). The molecule has 0 unspecified atom stereocenters. The minimum atomic E-state index is -1.35. The molecule has 0 amide bonds. The highest BCUT2D eigenvalue weighted by Crippen LogP contribution is 2.04. The fourth-order valence-electron chi connectivity index (χ4n) is 0.882. The smallest absolute Gasteiger partial charge is 0.147 e. The van der Waals surface area contributed by atoms with E-state index in [2.05, 4.69) is 24.8 Å². The average Bonchev–Trinajstić information content (AvgIpc) is 2.35. The number of hydrogen-bond donors (Lipinski definition) is 1. The summed E-state index contributed by atoms with van der Waals surface area (Å²) in [6, 6.07) is 3.76. The van der Waals surface area contributed by atoms with Crippen molar-refractivity contribution >= 4 is 19.7 Å². The molecule has 4 heteroatoms. The van der Waals surface area contributed by atoms with Crippen molar-refractivity contribution in [3.63, 3.8) is 0 Å². The van der Waals surface area contributed by atoms with Crippen LogP contribution in [0.3, 0.4) is 0 Å². The summed E-state index contributed by atoms with van der Waals surface area (Å²) in [6.07, 6.45) is 1.30. The minimum Gasteiger partial charge on any atom is -0.465 e. The largest absolute Gasteiger partial charge is 0.465 e. The highest BCUT2D eigenvalue weighted by atomic mass is 28.3. The zero-order valence-corrected chi connectivity index (χ0v) is 8.53. The number of hydrogen-bond acceptors (Lipinski definition) is 3. The quantitative estimate of drug-likeness (QED) is 0.328. The summed E-state index contributed by atoms with van der Waals surface area (Å²) >= 11 is 0. The molecule has 12 heavy (non-hydrogen) atoms. The summed E-state index contributed by atoms with van der Waals surface area (Å²) in [6.45, 7) is 6.60. The third-order valence-electron chi connectivity index (χ3n) is 1.55. The SMILES string of the molecule is C[Si](C)(C)c1ccc(C=NO)o1. The van der Waals surface area contributed by atoms with Crippen molar-refractivity contribution in [2.24, 2.45) is 5.16 Å². The second kappa shape index (κ2) is 3.14. The predicted octanol–water partition coefficient (Wildman–Crippen LogP) is 1.63. The van der Waals surface area contributed by atoms with E-state index in [0.717, 1.165) is 5.38 Å². The molecule has 1 aromatic rings. The van der Waals surface area contributed by atoms with E-state index in [1.54, 1.807) is 0 Å². The maximum absolute atomic E-state index is 8.25. The summed E-state index contributed by atoms with van der Waals surface area (Å²) in [4.78, 5) is 0. The van der Waals surface area contributed by atoms with E-state index >= 15 is 0 Å². The van der Waals surface area contributed by atoms with Crippen LogP contribution in [-0.4, -0.2) is 19.5 Å². The third-order valence-corrected chi connectivity index (χ3v) is 3.30. The molecule has 0 radical (unpaired) electrons. The molecule has 0 aliphatic carbocycles. The standard InChI is InChI=1S/C8H13NO2Si/c1-12(2,3)8-5-4-7(11-8)6-9-10/h4-6,10H,1-3H3. The Kier molecular flexibility index (Phi) is 2.37. The van der Waals surface area contributed by atoms with E-state index < -0.39 is 8.07 Å². The number of furan rings is 1. The summed E-state index contributed by atoms with van der Waals surface area (Å²) in [5, 5.41) is 12.2. The van der Waals surface area contributed by atoms with Gasteiger partial charge >= 0.3 is 0 Å². The minimum absolute atomic E-state index is 0.606. The molecule has 3 nitrogen and oxygen atoms in total. The van der Waals surface area contributed by atoms with Gasteiger partial charge in [0.15, 0.2) is 0 Å². The van der Waals surface area contributed by atoms with Crippen molar-refractivity contribution < 1.29 is 9.62 Å². The Morgan fingerprint density at radius 1 is 1.42 bits per heavy atom. The molecule has 0 bridgehead atoms. The second-order valence-corrected chi connectivity index (χ2v) is 8.69. The van der Waals surface area contributed by atoms with Gasteiger partial charge in [0, 0.05) is 0 Å². The third kappa shape index (κ3) is 1.98. The lowest BCUT2D eigenvalue weighted by molar-refractivity contribution is 0.321. The van der Waals surface area contributed by atoms with Crippen molar-refractivity contribution in [1.82, 2.24) is 0 Å². The van der Waals surface area contributed by atoms with E-state index in [9.17, 15) is 0 Å². The summed E-state index contributed by atoms with van der Waals surface area (Å²) in [5.41, 5.74) is 0. The van der Waals surface area contributed by atoms with Gasteiger partial charge in [-0.3, -0.25) is 0 Å². The Balaban J connectivity index is 2.92. The van der Waals surface area contributed by atoms with Crippen LogP contribution in [0.5, 0.6) is 0 Å². The molecule has 0 aliphatic rings. The van der Waals surface area contributed by atoms with Gasteiger partial charge in [-0.1, -0.05) is 24.8 Å². The van der Waals surface area contributed by atoms with Crippen LogP contribution < -0.4 is 5.38 Å². The van der Waals surface area contributed by atoms with Crippen LogP contribution in [-0.2, 0) is 0 Å². The van der Waals surface area contributed by atoms with Crippen molar-refractivity contribution in [2.75, 3.05) is 0 Å². The zero-order chi connectivity index (χ0) is 9.19. The Labute approximate surface area is 72.7 Å². The Morgan fingerprint density at radius 3 is 2.50 bits per heavy atom. The predicted molar refractivity (Wildman–Crippen MR) is 51.1 cm³/mol. The Morgan fingerprint density at radius 2 is 2.08 bits per heavy atom. The first-order valence-electron chi connectivity index (χ1n) is 3.82. The van der Waals surface area contributed by atoms with Gasteiger partial charge in [0.25, 0.3) is 0 Å². The van der Waals surface area contributed by atoms with Gasteiger partial charge in [0.05, 0.1) is 5.38 Å². The highest BCUT2D eigenvalue weighted by molar-refractivity contribution is 6.87. The van der Waals surface area contributed by atoms with Crippen LogP contribution in [0.1, 0.15) is 5.76 Å². The molecule has 0 aromatic carbocycles. The second-order valence-electron chi connectivity index (χ2n) is 3.70. The summed E-state index contributed by atoms with van der Waals surface area (Å²) < 4.78 is 5.44. The molecule has 0 atom stereocenters. The molecule has 0 saturated carbocycles. The van der Waals surface area contributed by atoms with Crippen molar-refractivity contribution in [3.8, 4) is 0 Å². The molecule has 1 N–H and O–H groups in total. The molecule has 1 aromatic heterocycles. The van der Waals surface area contributed by atoms with Crippen LogP contribution in [0.4, 0.5) is 0 Å². The van der Waals surface area contributed by atoms with Gasteiger partial charge in [-0.15, -0.1) is 0 Å². The van der Waals surface area contributed by atoms with Crippen molar-refractivity contribution in [1.29, 1.82) is 0 Å². The van der Waals surface area contributed by atoms with Gasteiger partial charge in [0.1, 0.15) is 20.0 Å². The molecule has 0 fully saturated rings. The first-order chi connectivity index (χ1) is 5.54. The van der Waals surface area contributed by atoms with E-state index in [1.165, 1.54) is 6.21 Å². The van der Waals surface area contributed by atoms with E-state index in [1.807, 2.05) is 12.1 Å². The Bertz CT molecular complexity index is 285. The van der Waals surface area contributed by atoms with E-state index in [4.69, 9.17) is 9.62 Å². The van der Waals surface area contributed by atoms with Gasteiger partial charge < -0.3 is 9.62 Å². The van der Waals surface area contributed by atoms with Crippen molar-refractivity contribution in [2.45, 2.75) is 19.6 Å². The van der Waals surface area contributed by atoms with E-state index in [-0.39, 0.29) is 0 Å². The van der Waals surface area contributed by atoms with Crippen LogP contribution in [0.15, 0.2) is 21.7 Å². The first kappa shape index (κ1) is 9.06. The average molecular weight is 183 g/mol. The lowest BCUT2D eigenvalue weighted by Gasteiger charge is -2.10. The van der Waals surface area contributed by atoms with E-state index in [0.29, 0.717) is 5.76 Å². The van der Waals surface area contributed by atoms with Gasteiger partial charge in [0.2, 0.25) is 0 Å². The van der Waals surface area contributed by atoms with Gasteiger partial charge in [-0.25, -0.2) is 0 Å². The maximum Gasteiger partial charge on any atom is 0.147 e. The normalized spacial score (nSPS) is 12.6. The van der Waals surface area contributed by atoms with Crippen molar-refractivity contribution in [3.05, 3.63) is 17.9 Å². The molecule has 66 valence electrons.